The maximum atomic E-state index is 12.2. The predicted octanol–water partition coefficient (Wildman–Crippen LogP) is 2.94. The molecule has 0 aromatic heterocycles. The van der Waals surface area contributed by atoms with Gasteiger partial charge in [0.05, 0.1) is 34.5 Å². The Balaban J connectivity index is 2.07. The fourth-order valence-corrected chi connectivity index (χ4v) is 2.68. The molecule has 0 spiro atoms. The van der Waals surface area contributed by atoms with E-state index < -0.39 is 11.7 Å². The van der Waals surface area contributed by atoms with Gasteiger partial charge in [0.1, 0.15) is 0 Å². The van der Waals surface area contributed by atoms with Crippen LogP contribution in [0.2, 0.25) is 5.02 Å². The molecular weight excluding hydrogens is 288 g/mol. The second kappa shape index (κ2) is 5.04. The van der Waals surface area contributed by atoms with Gasteiger partial charge in [0.15, 0.2) is 0 Å². The zero-order valence-corrected chi connectivity index (χ0v) is 11.6. The van der Waals surface area contributed by atoms with E-state index in [2.05, 4.69) is 6.07 Å². The Morgan fingerprint density at radius 2 is 1.86 bits per heavy atom. The van der Waals surface area contributed by atoms with E-state index in [9.17, 15) is 9.59 Å². The van der Waals surface area contributed by atoms with Gasteiger partial charge in [-0.15, -0.1) is 0 Å². The van der Waals surface area contributed by atoms with Crippen LogP contribution in [0.15, 0.2) is 42.5 Å². The molecule has 21 heavy (non-hydrogen) atoms. The summed E-state index contributed by atoms with van der Waals surface area (Å²) in [5, 5.41) is 9.46. The van der Waals surface area contributed by atoms with E-state index >= 15 is 0 Å². The second-order valence-electron chi connectivity index (χ2n) is 4.63. The summed E-state index contributed by atoms with van der Waals surface area (Å²) in [6.45, 7) is 0.144. The van der Waals surface area contributed by atoms with Crippen molar-refractivity contribution >= 4 is 29.0 Å². The van der Waals surface area contributed by atoms with Gasteiger partial charge in [-0.25, -0.2) is 0 Å². The number of Topliss-reactive ketones (excluding diaryl/α,β-unsaturated/α-hetero) is 1. The molecular formula is C16H9ClN2O2. The Morgan fingerprint density at radius 3 is 2.62 bits per heavy atom. The van der Waals surface area contributed by atoms with Gasteiger partial charge in [0, 0.05) is 0 Å². The number of hydrogen-bond donors (Lipinski definition) is 0. The first-order chi connectivity index (χ1) is 10.1. The minimum absolute atomic E-state index is 0.144. The average molecular weight is 297 g/mol. The first-order valence-corrected chi connectivity index (χ1v) is 6.64. The smallest absolute Gasteiger partial charge is 0.299 e. The summed E-state index contributed by atoms with van der Waals surface area (Å²) in [7, 11) is 0. The Labute approximate surface area is 126 Å². The highest BCUT2D eigenvalue weighted by molar-refractivity contribution is 6.54. The van der Waals surface area contributed by atoms with Crippen LogP contribution < -0.4 is 4.90 Å². The molecule has 0 fully saturated rings. The number of hydrogen-bond acceptors (Lipinski definition) is 3. The topological polar surface area (TPSA) is 61.2 Å². The predicted molar refractivity (Wildman–Crippen MR) is 78.1 cm³/mol. The van der Waals surface area contributed by atoms with Crippen LogP contribution in [0.4, 0.5) is 5.69 Å². The summed E-state index contributed by atoms with van der Waals surface area (Å²) in [5.41, 5.74) is 1.87. The molecule has 2 aromatic carbocycles. The maximum absolute atomic E-state index is 12.2. The molecule has 4 nitrogen and oxygen atoms in total. The number of fused-ring (bicyclic) bond motifs is 1. The number of nitrogens with zero attached hydrogens (tertiary/aromatic N) is 2. The van der Waals surface area contributed by atoms with Crippen LogP contribution in [0.1, 0.15) is 21.5 Å². The third kappa shape index (κ3) is 2.08. The van der Waals surface area contributed by atoms with Crippen LogP contribution in [-0.4, -0.2) is 11.7 Å². The molecule has 0 unspecified atom stereocenters. The van der Waals surface area contributed by atoms with Crippen molar-refractivity contribution in [3.05, 3.63) is 64.2 Å². The lowest BCUT2D eigenvalue weighted by molar-refractivity contribution is -0.114. The number of halogens is 1. The fourth-order valence-electron chi connectivity index (χ4n) is 2.40. The van der Waals surface area contributed by atoms with Crippen molar-refractivity contribution < 1.29 is 9.59 Å². The van der Waals surface area contributed by atoms with Gasteiger partial charge in [-0.05, 0) is 23.8 Å². The molecule has 102 valence electrons. The third-order valence-electron chi connectivity index (χ3n) is 3.41. The van der Waals surface area contributed by atoms with Crippen molar-refractivity contribution in [3.63, 3.8) is 0 Å². The summed E-state index contributed by atoms with van der Waals surface area (Å²) in [4.78, 5) is 25.5. The number of anilines is 1. The van der Waals surface area contributed by atoms with Crippen molar-refractivity contribution in [3.8, 4) is 6.07 Å². The monoisotopic (exact) mass is 296 g/mol. The third-order valence-corrected chi connectivity index (χ3v) is 3.71. The minimum atomic E-state index is -0.620. The van der Waals surface area contributed by atoms with E-state index in [-0.39, 0.29) is 6.54 Å². The number of amides is 1. The van der Waals surface area contributed by atoms with Crippen molar-refractivity contribution in [1.29, 1.82) is 5.26 Å². The van der Waals surface area contributed by atoms with Crippen molar-refractivity contribution in [2.75, 3.05) is 4.90 Å². The van der Waals surface area contributed by atoms with E-state index in [1.807, 2.05) is 0 Å². The molecule has 1 amide bonds. The number of carbonyl (C=O) groups is 2. The second-order valence-corrected chi connectivity index (χ2v) is 5.03. The molecule has 5 heteroatoms. The van der Waals surface area contributed by atoms with Crippen LogP contribution in [0.3, 0.4) is 0 Å². The molecule has 0 atom stereocenters. The number of rotatable bonds is 2. The molecule has 0 bridgehead atoms. The molecule has 0 aliphatic carbocycles. The van der Waals surface area contributed by atoms with E-state index in [0.29, 0.717) is 27.4 Å². The molecule has 1 heterocycles. The first kappa shape index (κ1) is 13.3. The van der Waals surface area contributed by atoms with Crippen LogP contribution >= 0.6 is 11.6 Å². The van der Waals surface area contributed by atoms with Gasteiger partial charge in [-0.3, -0.25) is 14.5 Å². The summed E-state index contributed by atoms with van der Waals surface area (Å²) in [6.07, 6.45) is 0. The molecule has 2 aromatic rings. The maximum Gasteiger partial charge on any atom is 0.299 e. The number of benzene rings is 2. The quantitative estimate of drug-likeness (QED) is 0.801. The summed E-state index contributed by atoms with van der Waals surface area (Å²) < 4.78 is 0. The number of ketones is 1. The minimum Gasteiger partial charge on any atom is -0.299 e. The first-order valence-electron chi connectivity index (χ1n) is 6.26. The molecule has 1 aliphatic rings. The Bertz CT molecular complexity index is 808. The highest BCUT2D eigenvalue weighted by Gasteiger charge is 2.37. The SMILES string of the molecule is N#Cc1ccccc1CN1C(=O)C(=O)c2cccc(Cl)c21. The lowest BCUT2D eigenvalue weighted by Crippen LogP contribution is -2.29. The van der Waals surface area contributed by atoms with Gasteiger partial charge in [0.25, 0.3) is 11.7 Å². The van der Waals surface area contributed by atoms with E-state index in [1.165, 1.54) is 4.90 Å². The van der Waals surface area contributed by atoms with Gasteiger partial charge >= 0.3 is 0 Å². The molecule has 0 saturated carbocycles. The summed E-state index contributed by atoms with van der Waals surface area (Å²) >= 11 is 6.12. The summed E-state index contributed by atoms with van der Waals surface area (Å²) in [5.74, 6) is -1.19. The molecule has 0 radical (unpaired) electrons. The highest BCUT2D eigenvalue weighted by atomic mass is 35.5. The standard InChI is InChI=1S/C16H9ClN2O2/c17-13-7-3-6-12-14(13)19(16(21)15(12)20)9-11-5-2-1-4-10(11)8-18/h1-7H,9H2. The van der Waals surface area contributed by atoms with Gasteiger partial charge in [-0.1, -0.05) is 35.9 Å². The van der Waals surface area contributed by atoms with E-state index in [1.54, 1.807) is 42.5 Å². The van der Waals surface area contributed by atoms with Gasteiger partial charge in [0.2, 0.25) is 0 Å². The summed E-state index contributed by atoms with van der Waals surface area (Å²) in [6, 6.07) is 13.9. The molecule has 0 saturated heterocycles. The molecule has 0 N–H and O–H groups in total. The molecule has 1 aliphatic heterocycles. The van der Waals surface area contributed by atoms with Crippen LogP contribution in [-0.2, 0) is 11.3 Å². The largest absolute Gasteiger partial charge is 0.299 e. The van der Waals surface area contributed by atoms with Crippen molar-refractivity contribution in [2.24, 2.45) is 0 Å². The lowest BCUT2D eigenvalue weighted by Gasteiger charge is -2.18. The zero-order chi connectivity index (χ0) is 15.0. The van der Waals surface area contributed by atoms with Crippen LogP contribution in [0.5, 0.6) is 0 Å². The van der Waals surface area contributed by atoms with Crippen LogP contribution in [0, 0.1) is 11.3 Å². The number of carbonyl (C=O) groups excluding carboxylic acids is 2. The van der Waals surface area contributed by atoms with Crippen molar-refractivity contribution in [2.45, 2.75) is 6.54 Å². The van der Waals surface area contributed by atoms with Crippen molar-refractivity contribution in [1.82, 2.24) is 0 Å². The van der Waals surface area contributed by atoms with E-state index in [0.717, 1.165) is 0 Å². The fraction of sp³-hybridized carbons (Fsp3) is 0.0625. The Kier molecular flexibility index (Phi) is 3.20. The number of nitriles is 1. The zero-order valence-electron chi connectivity index (χ0n) is 10.8. The average Bonchev–Trinajstić information content (AvgIpc) is 2.74. The molecule has 3 rings (SSSR count). The normalized spacial score (nSPS) is 13.2. The Hall–Kier alpha value is -2.64. The van der Waals surface area contributed by atoms with Gasteiger partial charge in [-0.2, -0.15) is 5.26 Å². The Morgan fingerprint density at radius 1 is 1.10 bits per heavy atom. The number of para-hydroxylation sites is 1. The van der Waals surface area contributed by atoms with E-state index in [4.69, 9.17) is 16.9 Å². The van der Waals surface area contributed by atoms with Gasteiger partial charge < -0.3 is 0 Å². The highest BCUT2D eigenvalue weighted by Crippen LogP contribution is 2.36. The van der Waals surface area contributed by atoms with Crippen LogP contribution in [0.25, 0.3) is 0 Å². The lowest BCUT2D eigenvalue weighted by atomic mass is 10.1.